The predicted molar refractivity (Wildman–Crippen MR) is 76.2 cm³/mol. The number of aryl methyl sites for hydroxylation is 1. The maximum atomic E-state index is 12.3. The standard InChI is InChI=1S/C15H19N3O/c1-11-2-3-13-12(10-17-14(13)8-11)9-15(19)18-6-4-16-5-7-18/h2-3,8,10,16-17H,4-7,9H2,1H3. The maximum Gasteiger partial charge on any atom is 0.227 e. The highest BCUT2D eigenvalue weighted by Crippen LogP contribution is 2.20. The number of benzene rings is 1. The second kappa shape index (κ2) is 5.05. The predicted octanol–water partition coefficient (Wildman–Crippen LogP) is 1.45. The van der Waals surface area contributed by atoms with Crippen molar-refractivity contribution >= 4 is 16.8 Å². The molecule has 2 N–H and O–H groups in total. The van der Waals surface area contributed by atoms with E-state index < -0.39 is 0 Å². The molecule has 1 aliphatic heterocycles. The number of aromatic nitrogens is 1. The van der Waals surface area contributed by atoms with Crippen molar-refractivity contribution in [3.05, 3.63) is 35.5 Å². The van der Waals surface area contributed by atoms with E-state index >= 15 is 0 Å². The first-order chi connectivity index (χ1) is 9.24. The Balaban J connectivity index is 1.79. The third-order valence-corrected chi connectivity index (χ3v) is 3.73. The smallest absolute Gasteiger partial charge is 0.227 e. The van der Waals surface area contributed by atoms with Gasteiger partial charge in [0.1, 0.15) is 0 Å². The van der Waals surface area contributed by atoms with Crippen LogP contribution in [0.2, 0.25) is 0 Å². The summed E-state index contributed by atoms with van der Waals surface area (Å²) in [5.41, 5.74) is 3.44. The van der Waals surface area contributed by atoms with Crippen LogP contribution in [0.5, 0.6) is 0 Å². The fraction of sp³-hybridized carbons (Fsp3) is 0.400. The minimum absolute atomic E-state index is 0.225. The van der Waals surface area contributed by atoms with E-state index in [0.29, 0.717) is 6.42 Å². The third kappa shape index (κ3) is 2.49. The van der Waals surface area contributed by atoms with Crippen molar-refractivity contribution in [3.8, 4) is 0 Å². The van der Waals surface area contributed by atoms with Crippen molar-refractivity contribution in [2.24, 2.45) is 0 Å². The number of H-pyrrole nitrogens is 1. The zero-order valence-electron chi connectivity index (χ0n) is 11.2. The molecule has 19 heavy (non-hydrogen) atoms. The molecule has 0 atom stereocenters. The number of aromatic amines is 1. The van der Waals surface area contributed by atoms with Crippen molar-refractivity contribution in [2.45, 2.75) is 13.3 Å². The van der Waals surface area contributed by atoms with E-state index in [-0.39, 0.29) is 5.91 Å². The van der Waals surface area contributed by atoms with Crippen LogP contribution in [0, 0.1) is 6.92 Å². The average Bonchev–Trinajstić information content (AvgIpc) is 2.82. The number of carbonyl (C=O) groups is 1. The lowest BCUT2D eigenvalue weighted by Crippen LogP contribution is -2.46. The summed E-state index contributed by atoms with van der Waals surface area (Å²) >= 11 is 0. The SMILES string of the molecule is Cc1ccc2c(CC(=O)N3CCNCC3)c[nH]c2c1. The van der Waals surface area contributed by atoms with Crippen LogP contribution in [0.3, 0.4) is 0 Å². The molecule has 100 valence electrons. The number of amides is 1. The first kappa shape index (κ1) is 12.2. The fourth-order valence-corrected chi connectivity index (χ4v) is 2.64. The molecule has 0 aliphatic carbocycles. The fourth-order valence-electron chi connectivity index (χ4n) is 2.64. The molecule has 2 aromatic rings. The quantitative estimate of drug-likeness (QED) is 0.855. The lowest BCUT2D eigenvalue weighted by Gasteiger charge is -2.27. The first-order valence-corrected chi connectivity index (χ1v) is 6.79. The topological polar surface area (TPSA) is 48.1 Å². The van der Waals surface area contributed by atoms with E-state index in [0.717, 1.165) is 42.6 Å². The highest BCUT2D eigenvalue weighted by Gasteiger charge is 2.17. The van der Waals surface area contributed by atoms with E-state index in [1.165, 1.54) is 5.56 Å². The lowest BCUT2D eigenvalue weighted by molar-refractivity contribution is -0.131. The highest BCUT2D eigenvalue weighted by molar-refractivity contribution is 5.89. The number of hydrogen-bond donors (Lipinski definition) is 2. The first-order valence-electron chi connectivity index (χ1n) is 6.79. The molecule has 1 aromatic heterocycles. The van der Waals surface area contributed by atoms with Crippen LogP contribution in [0.4, 0.5) is 0 Å². The Kier molecular flexibility index (Phi) is 3.25. The molecule has 4 nitrogen and oxygen atoms in total. The molecule has 0 unspecified atom stereocenters. The normalized spacial score (nSPS) is 15.9. The molecule has 2 heterocycles. The molecule has 0 bridgehead atoms. The van der Waals surface area contributed by atoms with Gasteiger partial charge in [-0.15, -0.1) is 0 Å². The summed E-state index contributed by atoms with van der Waals surface area (Å²) in [5.74, 6) is 0.225. The second-order valence-corrected chi connectivity index (χ2v) is 5.17. The molecule has 3 rings (SSSR count). The Morgan fingerprint density at radius 1 is 1.32 bits per heavy atom. The summed E-state index contributed by atoms with van der Waals surface area (Å²) in [6.07, 6.45) is 2.45. The Morgan fingerprint density at radius 2 is 2.11 bits per heavy atom. The van der Waals surface area contributed by atoms with Crippen molar-refractivity contribution in [2.75, 3.05) is 26.2 Å². The van der Waals surface area contributed by atoms with Crippen LogP contribution >= 0.6 is 0 Å². The van der Waals surface area contributed by atoms with E-state index in [9.17, 15) is 4.79 Å². The van der Waals surface area contributed by atoms with Crippen LogP contribution in [-0.4, -0.2) is 42.0 Å². The monoisotopic (exact) mass is 257 g/mol. The van der Waals surface area contributed by atoms with Gasteiger partial charge in [0.25, 0.3) is 0 Å². The van der Waals surface area contributed by atoms with Gasteiger partial charge in [-0.25, -0.2) is 0 Å². The molecule has 0 spiro atoms. The van der Waals surface area contributed by atoms with Gasteiger partial charge in [-0.1, -0.05) is 12.1 Å². The molecule has 1 saturated heterocycles. The van der Waals surface area contributed by atoms with Crippen molar-refractivity contribution in [1.82, 2.24) is 15.2 Å². The van der Waals surface area contributed by atoms with E-state index in [1.54, 1.807) is 0 Å². The Labute approximate surface area is 112 Å². The van der Waals surface area contributed by atoms with Crippen LogP contribution in [0.15, 0.2) is 24.4 Å². The number of carbonyl (C=O) groups excluding carboxylic acids is 1. The zero-order valence-corrected chi connectivity index (χ0v) is 11.2. The summed E-state index contributed by atoms with van der Waals surface area (Å²) in [4.78, 5) is 17.5. The number of rotatable bonds is 2. The number of fused-ring (bicyclic) bond motifs is 1. The Morgan fingerprint density at radius 3 is 2.89 bits per heavy atom. The minimum Gasteiger partial charge on any atom is -0.361 e. The van der Waals surface area contributed by atoms with Gasteiger partial charge >= 0.3 is 0 Å². The van der Waals surface area contributed by atoms with Gasteiger partial charge in [0.2, 0.25) is 5.91 Å². The Hall–Kier alpha value is -1.81. The Bertz CT molecular complexity index is 596. The van der Waals surface area contributed by atoms with E-state index in [4.69, 9.17) is 0 Å². The molecule has 1 amide bonds. The minimum atomic E-state index is 0.225. The largest absolute Gasteiger partial charge is 0.361 e. The third-order valence-electron chi connectivity index (χ3n) is 3.73. The molecular formula is C15H19N3O. The van der Waals surface area contributed by atoms with Crippen molar-refractivity contribution in [3.63, 3.8) is 0 Å². The van der Waals surface area contributed by atoms with Gasteiger partial charge in [-0.3, -0.25) is 4.79 Å². The van der Waals surface area contributed by atoms with E-state index in [2.05, 4.69) is 35.4 Å². The second-order valence-electron chi connectivity index (χ2n) is 5.17. The molecule has 1 fully saturated rings. The van der Waals surface area contributed by atoms with Gasteiger partial charge in [0, 0.05) is 43.3 Å². The van der Waals surface area contributed by atoms with Crippen molar-refractivity contribution < 1.29 is 4.79 Å². The number of piperazine rings is 1. The molecule has 0 saturated carbocycles. The molecule has 1 aromatic carbocycles. The van der Waals surface area contributed by atoms with Gasteiger partial charge in [-0.2, -0.15) is 0 Å². The van der Waals surface area contributed by atoms with Gasteiger partial charge in [-0.05, 0) is 24.1 Å². The molecule has 4 heteroatoms. The number of nitrogens with zero attached hydrogens (tertiary/aromatic N) is 1. The van der Waals surface area contributed by atoms with Crippen LogP contribution in [0.25, 0.3) is 10.9 Å². The number of hydrogen-bond acceptors (Lipinski definition) is 2. The van der Waals surface area contributed by atoms with Crippen LogP contribution in [-0.2, 0) is 11.2 Å². The summed E-state index contributed by atoms with van der Waals surface area (Å²) in [6, 6.07) is 6.31. The van der Waals surface area contributed by atoms with Crippen molar-refractivity contribution in [1.29, 1.82) is 0 Å². The average molecular weight is 257 g/mol. The molecular weight excluding hydrogens is 238 g/mol. The maximum absolute atomic E-state index is 12.3. The van der Waals surface area contributed by atoms with Crippen LogP contribution < -0.4 is 5.32 Å². The molecule has 0 radical (unpaired) electrons. The highest BCUT2D eigenvalue weighted by atomic mass is 16.2. The van der Waals surface area contributed by atoms with Crippen LogP contribution in [0.1, 0.15) is 11.1 Å². The van der Waals surface area contributed by atoms with Gasteiger partial charge < -0.3 is 15.2 Å². The summed E-state index contributed by atoms with van der Waals surface area (Å²) in [7, 11) is 0. The summed E-state index contributed by atoms with van der Waals surface area (Å²) in [5, 5.41) is 4.43. The van der Waals surface area contributed by atoms with Gasteiger partial charge in [0.05, 0.1) is 6.42 Å². The van der Waals surface area contributed by atoms with Gasteiger partial charge in [0.15, 0.2) is 0 Å². The summed E-state index contributed by atoms with van der Waals surface area (Å²) < 4.78 is 0. The lowest BCUT2D eigenvalue weighted by atomic mass is 10.1. The zero-order chi connectivity index (χ0) is 13.2. The summed E-state index contributed by atoms with van der Waals surface area (Å²) in [6.45, 7) is 5.52. The van der Waals surface area contributed by atoms with E-state index in [1.807, 2.05) is 11.1 Å². The molecule has 1 aliphatic rings. The number of nitrogens with one attached hydrogen (secondary N) is 2.